The van der Waals surface area contributed by atoms with E-state index in [4.69, 9.17) is 0 Å². The Hall–Kier alpha value is -0.870. The Morgan fingerprint density at radius 2 is 1.67 bits per heavy atom. The van der Waals surface area contributed by atoms with Gasteiger partial charge in [-0.05, 0) is 32.9 Å². The molecule has 0 saturated carbocycles. The van der Waals surface area contributed by atoms with Crippen molar-refractivity contribution in [2.45, 2.75) is 36.5 Å². The van der Waals surface area contributed by atoms with Crippen LogP contribution in [0, 0.1) is 0 Å². The molecule has 1 aromatic carbocycles. The lowest BCUT2D eigenvalue weighted by Gasteiger charge is -2.25. The summed E-state index contributed by atoms with van der Waals surface area (Å²) < 4.78 is 24.0. The summed E-state index contributed by atoms with van der Waals surface area (Å²) in [5, 5.41) is 8.88. The van der Waals surface area contributed by atoms with Gasteiger partial charge in [0.2, 0.25) is 0 Å². The van der Waals surface area contributed by atoms with Gasteiger partial charge in [-0.1, -0.05) is 18.2 Å². The summed E-state index contributed by atoms with van der Waals surface area (Å²) in [6.07, 6.45) is 0. The predicted molar refractivity (Wildman–Crippen MR) is 59.4 cm³/mol. The van der Waals surface area contributed by atoms with Crippen molar-refractivity contribution in [3.8, 4) is 0 Å². The van der Waals surface area contributed by atoms with E-state index in [-0.39, 0.29) is 4.90 Å². The van der Waals surface area contributed by atoms with Crippen LogP contribution in [0.4, 0.5) is 0 Å². The van der Waals surface area contributed by atoms with Crippen molar-refractivity contribution in [2.24, 2.45) is 0 Å². The number of rotatable bonds is 3. The number of hydrogen-bond donors (Lipinski definition) is 1. The second-order valence-electron chi connectivity index (χ2n) is 4.15. The van der Waals surface area contributed by atoms with Gasteiger partial charge in [0.05, 0.1) is 15.7 Å². The molecule has 1 aromatic rings. The Morgan fingerprint density at radius 3 is 2.07 bits per heavy atom. The maximum Gasteiger partial charge on any atom is 0.183 e. The lowest BCUT2D eigenvalue weighted by atomic mass is 10.1. The SMILES string of the molecule is CC(C(C)(C)O)S(=O)(=O)c1ccccc1. The highest BCUT2D eigenvalue weighted by Crippen LogP contribution is 2.23. The molecule has 0 aromatic heterocycles. The van der Waals surface area contributed by atoms with E-state index in [1.54, 1.807) is 18.2 Å². The van der Waals surface area contributed by atoms with E-state index in [1.165, 1.54) is 32.9 Å². The summed E-state index contributed by atoms with van der Waals surface area (Å²) in [7, 11) is -3.45. The molecule has 15 heavy (non-hydrogen) atoms. The van der Waals surface area contributed by atoms with Gasteiger partial charge in [-0.3, -0.25) is 0 Å². The fourth-order valence-electron chi connectivity index (χ4n) is 1.19. The summed E-state index contributed by atoms with van der Waals surface area (Å²) >= 11 is 0. The van der Waals surface area contributed by atoms with Gasteiger partial charge < -0.3 is 5.11 Å². The first-order valence-corrected chi connectivity index (χ1v) is 6.32. The van der Waals surface area contributed by atoms with Gasteiger partial charge in [0.15, 0.2) is 9.84 Å². The molecule has 1 rings (SSSR count). The van der Waals surface area contributed by atoms with Crippen LogP contribution in [0.25, 0.3) is 0 Å². The minimum absolute atomic E-state index is 0.250. The molecule has 0 spiro atoms. The van der Waals surface area contributed by atoms with Crippen molar-refractivity contribution in [1.82, 2.24) is 0 Å². The van der Waals surface area contributed by atoms with E-state index in [9.17, 15) is 13.5 Å². The number of sulfone groups is 1. The van der Waals surface area contributed by atoms with Crippen LogP contribution in [0.15, 0.2) is 35.2 Å². The molecule has 0 fully saturated rings. The highest BCUT2D eigenvalue weighted by molar-refractivity contribution is 7.92. The quantitative estimate of drug-likeness (QED) is 0.855. The largest absolute Gasteiger partial charge is 0.389 e. The molecule has 0 aliphatic heterocycles. The van der Waals surface area contributed by atoms with Crippen molar-refractivity contribution in [3.63, 3.8) is 0 Å². The van der Waals surface area contributed by atoms with Crippen LogP contribution in [-0.4, -0.2) is 24.4 Å². The molecule has 0 amide bonds. The first-order valence-electron chi connectivity index (χ1n) is 4.77. The van der Waals surface area contributed by atoms with Gasteiger partial charge >= 0.3 is 0 Å². The van der Waals surface area contributed by atoms with Gasteiger partial charge in [-0.25, -0.2) is 8.42 Å². The van der Waals surface area contributed by atoms with Crippen LogP contribution in [0.1, 0.15) is 20.8 Å². The van der Waals surface area contributed by atoms with Gasteiger partial charge in [0.25, 0.3) is 0 Å². The second-order valence-corrected chi connectivity index (χ2v) is 6.42. The van der Waals surface area contributed by atoms with E-state index in [0.29, 0.717) is 0 Å². The van der Waals surface area contributed by atoms with Crippen LogP contribution < -0.4 is 0 Å². The third kappa shape index (κ3) is 2.58. The number of benzene rings is 1. The smallest absolute Gasteiger partial charge is 0.183 e. The Bertz CT molecular complexity index is 415. The van der Waals surface area contributed by atoms with Crippen LogP contribution in [0.5, 0.6) is 0 Å². The van der Waals surface area contributed by atoms with Crippen LogP contribution in [0.3, 0.4) is 0 Å². The molecule has 1 N–H and O–H groups in total. The minimum atomic E-state index is -3.45. The molecular formula is C11H16O3S. The molecule has 4 heteroatoms. The summed E-state index contributed by atoms with van der Waals surface area (Å²) in [5.74, 6) is 0. The van der Waals surface area contributed by atoms with Crippen LogP contribution >= 0.6 is 0 Å². The fraction of sp³-hybridized carbons (Fsp3) is 0.455. The molecule has 0 saturated heterocycles. The van der Waals surface area contributed by atoms with Crippen molar-refractivity contribution in [2.75, 3.05) is 0 Å². The minimum Gasteiger partial charge on any atom is -0.389 e. The van der Waals surface area contributed by atoms with E-state index in [0.717, 1.165) is 0 Å². The first kappa shape index (κ1) is 12.2. The van der Waals surface area contributed by atoms with Gasteiger partial charge in [0, 0.05) is 0 Å². The summed E-state index contributed by atoms with van der Waals surface area (Å²) in [6.45, 7) is 4.51. The second kappa shape index (κ2) is 3.94. The maximum absolute atomic E-state index is 12.0. The first-order chi connectivity index (χ1) is 6.76. The summed E-state index contributed by atoms with van der Waals surface area (Å²) in [6, 6.07) is 8.18. The zero-order valence-corrected chi connectivity index (χ0v) is 9.95. The Labute approximate surface area is 90.7 Å². The van der Waals surface area contributed by atoms with Gasteiger partial charge in [-0.2, -0.15) is 0 Å². The average molecular weight is 228 g/mol. The molecule has 0 heterocycles. The highest BCUT2D eigenvalue weighted by Gasteiger charge is 2.34. The predicted octanol–water partition coefficient (Wildman–Crippen LogP) is 1.62. The third-order valence-corrected chi connectivity index (χ3v) is 4.97. The molecule has 0 bridgehead atoms. The van der Waals surface area contributed by atoms with Crippen molar-refractivity contribution in [3.05, 3.63) is 30.3 Å². The molecule has 84 valence electrons. The standard InChI is InChI=1S/C11H16O3S/c1-9(11(2,3)12)15(13,14)10-7-5-4-6-8-10/h4-9,12H,1-3H3. The van der Waals surface area contributed by atoms with E-state index in [1.807, 2.05) is 0 Å². The maximum atomic E-state index is 12.0. The highest BCUT2D eigenvalue weighted by atomic mass is 32.2. The lowest BCUT2D eigenvalue weighted by molar-refractivity contribution is 0.0796. The lowest BCUT2D eigenvalue weighted by Crippen LogP contribution is -2.39. The summed E-state index contributed by atoms with van der Waals surface area (Å²) in [5.41, 5.74) is -1.24. The van der Waals surface area contributed by atoms with Gasteiger partial charge in [-0.15, -0.1) is 0 Å². The number of hydrogen-bond acceptors (Lipinski definition) is 3. The van der Waals surface area contributed by atoms with Crippen LogP contribution in [0.2, 0.25) is 0 Å². The van der Waals surface area contributed by atoms with Crippen molar-refractivity contribution >= 4 is 9.84 Å². The summed E-state index contributed by atoms with van der Waals surface area (Å²) in [4.78, 5) is 0.250. The van der Waals surface area contributed by atoms with Crippen molar-refractivity contribution in [1.29, 1.82) is 0 Å². The Morgan fingerprint density at radius 1 is 1.20 bits per heavy atom. The molecule has 0 radical (unpaired) electrons. The van der Waals surface area contributed by atoms with Gasteiger partial charge in [0.1, 0.15) is 0 Å². The Balaban J connectivity index is 3.16. The molecular weight excluding hydrogens is 212 g/mol. The normalized spacial score (nSPS) is 14.9. The molecule has 1 unspecified atom stereocenters. The van der Waals surface area contributed by atoms with Crippen molar-refractivity contribution < 1.29 is 13.5 Å². The van der Waals surface area contributed by atoms with E-state index < -0.39 is 20.7 Å². The van der Waals surface area contributed by atoms with E-state index >= 15 is 0 Å². The topological polar surface area (TPSA) is 54.4 Å². The molecule has 0 aliphatic carbocycles. The Kier molecular flexibility index (Phi) is 3.21. The molecule has 0 aliphatic rings. The zero-order chi connectivity index (χ0) is 11.7. The zero-order valence-electron chi connectivity index (χ0n) is 9.14. The third-order valence-electron chi connectivity index (χ3n) is 2.53. The average Bonchev–Trinajstić information content (AvgIpc) is 2.16. The number of aliphatic hydroxyl groups is 1. The van der Waals surface area contributed by atoms with E-state index in [2.05, 4.69) is 0 Å². The monoisotopic (exact) mass is 228 g/mol. The molecule has 3 nitrogen and oxygen atoms in total. The molecule has 1 atom stereocenters. The fourth-order valence-corrected chi connectivity index (χ4v) is 2.90. The van der Waals surface area contributed by atoms with Crippen LogP contribution in [-0.2, 0) is 9.84 Å².